The van der Waals surface area contributed by atoms with Crippen molar-refractivity contribution in [1.82, 2.24) is 10.7 Å². The van der Waals surface area contributed by atoms with E-state index in [9.17, 15) is 9.59 Å². The highest BCUT2D eigenvalue weighted by molar-refractivity contribution is 6.35. The van der Waals surface area contributed by atoms with Crippen LogP contribution in [0.4, 0.5) is 0 Å². The van der Waals surface area contributed by atoms with Crippen LogP contribution in [0, 0.1) is 11.3 Å². The van der Waals surface area contributed by atoms with Gasteiger partial charge in [0.15, 0.2) is 12.7 Å². The Morgan fingerprint density at radius 2 is 1.76 bits per heavy atom. The molecule has 0 fully saturated rings. The summed E-state index contributed by atoms with van der Waals surface area (Å²) in [6.45, 7) is 1.43. The predicted molar refractivity (Wildman–Crippen MR) is 142 cm³/mol. The number of benzene rings is 3. The molecule has 0 bridgehead atoms. The summed E-state index contributed by atoms with van der Waals surface area (Å²) in [6.07, 6.45) is 0.683. The molecular weight excluding hydrogens is 515 g/mol. The largest absolute Gasteiger partial charge is 0.479 e. The van der Waals surface area contributed by atoms with Crippen LogP contribution in [0.15, 0.2) is 77.9 Å². The quantitative estimate of drug-likeness (QED) is 0.275. The zero-order chi connectivity index (χ0) is 26.6. The highest BCUT2D eigenvalue weighted by Crippen LogP contribution is 2.28. The molecule has 10 heteroatoms. The van der Waals surface area contributed by atoms with Gasteiger partial charge in [-0.2, -0.15) is 10.4 Å². The van der Waals surface area contributed by atoms with Crippen molar-refractivity contribution in [3.8, 4) is 17.6 Å². The van der Waals surface area contributed by atoms with Gasteiger partial charge in [0.1, 0.15) is 23.6 Å². The number of nitriles is 1. The number of hydrogen-bond acceptors (Lipinski definition) is 6. The number of hydrogen-bond donors (Lipinski definition) is 2. The predicted octanol–water partition coefficient (Wildman–Crippen LogP) is 4.54. The van der Waals surface area contributed by atoms with Gasteiger partial charge in [-0.05, 0) is 42.8 Å². The Morgan fingerprint density at radius 3 is 2.49 bits per heavy atom. The Bertz CT molecular complexity index is 1300. The first kappa shape index (κ1) is 27.5. The van der Waals surface area contributed by atoms with E-state index in [0.29, 0.717) is 22.1 Å². The van der Waals surface area contributed by atoms with E-state index in [2.05, 4.69) is 15.8 Å². The van der Waals surface area contributed by atoms with Crippen LogP contribution in [-0.4, -0.2) is 36.8 Å². The molecule has 3 aromatic carbocycles. The van der Waals surface area contributed by atoms with E-state index >= 15 is 0 Å². The molecule has 0 aromatic heterocycles. The molecule has 0 saturated heterocycles. The van der Waals surface area contributed by atoms with E-state index in [-0.39, 0.29) is 18.1 Å². The summed E-state index contributed by atoms with van der Waals surface area (Å²) >= 11 is 12.1. The fourth-order valence-corrected chi connectivity index (χ4v) is 3.69. The fraction of sp³-hybridized carbons (Fsp3) is 0.185. The molecule has 0 spiro atoms. The summed E-state index contributed by atoms with van der Waals surface area (Å²) in [5.74, 6) is -0.301. The Labute approximate surface area is 224 Å². The second-order valence-electron chi connectivity index (χ2n) is 7.80. The standard InChI is InChI=1S/C27H24Cl2N4O4/c1-18(37-25-12-11-21(28)16-22(25)29)26(34)32-23(15-19-7-3-2-4-8-19)27(35)33-31-17-20-9-5-6-10-24(20)36-14-13-30/h2-12,16-18,23H,14-15H2,1H3,(H,32,34)(H,33,35)/b31-17-/t18-,23+/m1/s1. The molecule has 2 amide bonds. The summed E-state index contributed by atoms with van der Waals surface area (Å²) in [7, 11) is 0. The van der Waals surface area contributed by atoms with E-state index in [1.165, 1.54) is 12.3 Å². The molecule has 2 atom stereocenters. The molecule has 37 heavy (non-hydrogen) atoms. The van der Waals surface area contributed by atoms with Crippen LogP contribution in [0.5, 0.6) is 11.5 Å². The Hall–Kier alpha value is -4.06. The molecule has 190 valence electrons. The summed E-state index contributed by atoms with van der Waals surface area (Å²) in [5.41, 5.74) is 3.88. The van der Waals surface area contributed by atoms with Crippen LogP contribution < -0.4 is 20.2 Å². The first-order chi connectivity index (χ1) is 17.9. The van der Waals surface area contributed by atoms with Gasteiger partial charge in [0.2, 0.25) is 0 Å². The van der Waals surface area contributed by atoms with E-state index in [1.54, 1.807) is 43.3 Å². The maximum Gasteiger partial charge on any atom is 0.262 e. The molecule has 3 rings (SSSR count). The molecule has 3 aromatic rings. The van der Waals surface area contributed by atoms with E-state index in [4.69, 9.17) is 37.9 Å². The number of halogens is 2. The third kappa shape index (κ3) is 8.53. The molecule has 8 nitrogen and oxygen atoms in total. The number of rotatable bonds is 11. The van der Waals surface area contributed by atoms with Crippen LogP contribution in [0.25, 0.3) is 0 Å². The lowest BCUT2D eigenvalue weighted by molar-refractivity contribution is -0.132. The second-order valence-corrected chi connectivity index (χ2v) is 8.65. The molecule has 0 aliphatic heterocycles. The normalized spacial score (nSPS) is 12.3. The third-order valence-electron chi connectivity index (χ3n) is 5.07. The Balaban J connectivity index is 1.70. The maximum absolute atomic E-state index is 13.0. The molecular formula is C27H24Cl2N4O4. The van der Waals surface area contributed by atoms with Gasteiger partial charge in [-0.3, -0.25) is 9.59 Å². The van der Waals surface area contributed by atoms with Crippen molar-refractivity contribution in [1.29, 1.82) is 5.26 Å². The lowest BCUT2D eigenvalue weighted by Crippen LogP contribution is -2.50. The monoisotopic (exact) mass is 538 g/mol. The smallest absolute Gasteiger partial charge is 0.262 e. The van der Waals surface area contributed by atoms with Gasteiger partial charge in [-0.25, -0.2) is 5.43 Å². The minimum atomic E-state index is -0.947. The van der Waals surface area contributed by atoms with E-state index < -0.39 is 24.0 Å². The first-order valence-corrected chi connectivity index (χ1v) is 12.0. The minimum absolute atomic E-state index is 0.121. The van der Waals surface area contributed by atoms with Crippen molar-refractivity contribution in [2.75, 3.05) is 6.61 Å². The van der Waals surface area contributed by atoms with Gasteiger partial charge in [0, 0.05) is 17.0 Å². The Morgan fingerprint density at radius 1 is 1.03 bits per heavy atom. The highest BCUT2D eigenvalue weighted by Gasteiger charge is 2.25. The number of carbonyl (C=O) groups is 2. The van der Waals surface area contributed by atoms with Crippen LogP contribution in [-0.2, 0) is 16.0 Å². The number of nitrogens with zero attached hydrogens (tertiary/aromatic N) is 2. The zero-order valence-corrected chi connectivity index (χ0v) is 21.4. The Kier molecular flexibility index (Phi) is 10.3. The topological polar surface area (TPSA) is 113 Å². The molecule has 0 radical (unpaired) electrons. The number of ether oxygens (including phenoxy) is 2. The molecule has 0 aliphatic rings. The summed E-state index contributed by atoms with van der Waals surface area (Å²) in [5, 5.41) is 16.2. The van der Waals surface area contributed by atoms with Crippen molar-refractivity contribution >= 4 is 41.2 Å². The van der Waals surface area contributed by atoms with E-state index in [0.717, 1.165) is 5.56 Å². The van der Waals surface area contributed by atoms with Gasteiger partial charge < -0.3 is 14.8 Å². The summed E-state index contributed by atoms with van der Waals surface area (Å²) in [6, 6.07) is 21.8. The van der Waals surface area contributed by atoms with Crippen molar-refractivity contribution < 1.29 is 19.1 Å². The van der Waals surface area contributed by atoms with Crippen LogP contribution in [0.2, 0.25) is 10.0 Å². The number of amides is 2. The van der Waals surface area contributed by atoms with Crippen molar-refractivity contribution in [2.24, 2.45) is 5.10 Å². The van der Waals surface area contributed by atoms with Gasteiger partial charge in [-0.1, -0.05) is 65.7 Å². The lowest BCUT2D eigenvalue weighted by Gasteiger charge is -2.21. The second kappa shape index (κ2) is 13.9. The van der Waals surface area contributed by atoms with Gasteiger partial charge in [-0.15, -0.1) is 0 Å². The SMILES string of the molecule is C[C@@H](Oc1ccc(Cl)cc1Cl)C(=O)N[C@@H](Cc1ccccc1)C(=O)N/N=C\c1ccccc1OCC#N. The van der Waals surface area contributed by atoms with Crippen LogP contribution in [0.3, 0.4) is 0 Å². The average Bonchev–Trinajstić information content (AvgIpc) is 2.89. The number of nitrogens with one attached hydrogen (secondary N) is 2. The number of carbonyl (C=O) groups excluding carboxylic acids is 2. The third-order valence-corrected chi connectivity index (χ3v) is 5.60. The molecule has 0 saturated carbocycles. The van der Waals surface area contributed by atoms with Gasteiger partial charge >= 0.3 is 0 Å². The maximum atomic E-state index is 13.0. The summed E-state index contributed by atoms with van der Waals surface area (Å²) in [4.78, 5) is 25.9. The van der Waals surface area contributed by atoms with Crippen molar-refractivity contribution in [2.45, 2.75) is 25.5 Å². The molecule has 0 aliphatic carbocycles. The van der Waals surface area contributed by atoms with Gasteiger partial charge in [0.25, 0.3) is 11.8 Å². The van der Waals surface area contributed by atoms with E-state index in [1.807, 2.05) is 36.4 Å². The average molecular weight is 539 g/mol. The minimum Gasteiger partial charge on any atom is -0.479 e. The van der Waals surface area contributed by atoms with Crippen molar-refractivity contribution in [3.05, 3.63) is 94.0 Å². The zero-order valence-electron chi connectivity index (χ0n) is 19.9. The molecule has 0 heterocycles. The first-order valence-electron chi connectivity index (χ1n) is 11.2. The highest BCUT2D eigenvalue weighted by atomic mass is 35.5. The number of para-hydroxylation sites is 1. The molecule has 0 unspecified atom stereocenters. The molecule has 2 N–H and O–H groups in total. The summed E-state index contributed by atoms with van der Waals surface area (Å²) < 4.78 is 11.0. The van der Waals surface area contributed by atoms with Gasteiger partial charge in [0.05, 0.1) is 11.2 Å². The van der Waals surface area contributed by atoms with Crippen LogP contribution >= 0.6 is 23.2 Å². The fourth-order valence-electron chi connectivity index (χ4n) is 3.23. The van der Waals surface area contributed by atoms with Crippen LogP contribution in [0.1, 0.15) is 18.1 Å². The lowest BCUT2D eigenvalue weighted by atomic mass is 10.1. The number of hydrazone groups is 1. The van der Waals surface area contributed by atoms with Crippen molar-refractivity contribution in [3.63, 3.8) is 0 Å².